The Labute approximate surface area is 114 Å². The molecule has 2 aromatic rings. The second-order valence-corrected chi connectivity index (χ2v) is 3.02. The second-order valence-electron chi connectivity index (χ2n) is 3.02. The first kappa shape index (κ1) is 13.4. The van der Waals surface area contributed by atoms with E-state index in [2.05, 4.69) is 4.98 Å². The quantitative estimate of drug-likeness (QED) is 0.758. The number of hydrogen-bond donors (Lipinski definition) is 0. The molecule has 0 bridgehead atoms. The van der Waals surface area contributed by atoms with Crippen molar-refractivity contribution in [1.29, 1.82) is 0 Å². The largest absolute Gasteiger partial charge is 0.663 e. The van der Waals surface area contributed by atoms with Crippen LogP contribution in [0.2, 0.25) is 0 Å². The Morgan fingerprint density at radius 3 is 2.44 bits per heavy atom. The van der Waals surface area contributed by atoms with Crippen LogP contribution in [0.25, 0.3) is 10.9 Å². The SMILES string of the molecule is O=C(c1c[n-]c2ccccc12)C(F)(F)F.[Y]. The minimum absolute atomic E-state index is 0. The van der Waals surface area contributed by atoms with E-state index in [0.29, 0.717) is 5.52 Å². The van der Waals surface area contributed by atoms with E-state index in [9.17, 15) is 18.0 Å². The van der Waals surface area contributed by atoms with Gasteiger partial charge in [-0.2, -0.15) is 19.4 Å². The average molecular weight is 301 g/mol. The first-order valence-electron chi connectivity index (χ1n) is 4.12. The van der Waals surface area contributed by atoms with Crippen LogP contribution in [-0.2, 0) is 32.7 Å². The number of hydrogen-bond acceptors (Lipinski definition) is 1. The van der Waals surface area contributed by atoms with Crippen LogP contribution in [0.15, 0.2) is 30.5 Å². The first-order valence-corrected chi connectivity index (χ1v) is 4.12. The molecule has 1 aromatic carbocycles. The van der Waals surface area contributed by atoms with E-state index in [-0.39, 0.29) is 38.1 Å². The summed E-state index contributed by atoms with van der Waals surface area (Å²) < 4.78 is 36.5. The van der Waals surface area contributed by atoms with Gasteiger partial charge in [0.25, 0.3) is 5.78 Å². The van der Waals surface area contributed by atoms with Crippen LogP contribution in [0.5, 0.6) is 0 Å². The van der Waals surface area contributed by atoms with Crippen LogP contribution >= 0.6 is 0 Å². The summed E-state index contributed by atoms with van der Waals surface area (Å²) in [5.74, 6) is -1.85. The number of ketones is 1. The fourth-order valence-corrected chi connectivity index (χ4v) is 1.35. The van der Waals surface area contributed by atoms with Crippen molar-refractivity contribution in [3.63, 3.8) is 0 Å². The van der Waals surface area contributed by atoms with Gasteiger partial charge in [0.2, 0.25) is 0 Å². The molecule has 6 heteroatoms. The summed E-state index contributed by atoms with van der Waals surface area (Å²) in [7, 11) is 0. The Bertz CT molecular complexity index is 518. The van der Waals surface area contributed by atoms with E-state index in [0.717, 1.165) is 6.20 Å². The maximum atomic E-state index is 12.2. The van der Waals surface area contributed by atoms with Gasteiger partial charge in [-0.3, -0.25) is 4.79 Å². The summed E-state index contributed by atoms with van der Waals surface area (Å²) in [5.41, 5.74) is 0.00296. The van der Waals surface area contributed by atoms with Gasteiger partial charge in [-0.1, -0.05) is 24.3 Å². The Balaban J connectivity index is 0.00000128. The van der Waals surface area contributed by atoms with Gasteiger partial charge in [0.15, 0.2) is 0 Å². The second kappa shape index (κ2) is 4.67. The van der Waals surface area contributed by atoms with Gasteiger partial charge in [-0.15, -0.1) is 5.52 Å². The van der Waals surface area contributed by atoms with E-state index in [1.54, 1.807) is 18.2 Å². The monoisotopic (exact) mass is 301 g/mol. The van der Waals surface area contributed by atoms with Gasteiger partial charge in [0, 0.05) is 38.3 Å². The number of aromatic nitrogens is 1. The number of nitrogens with zero attached hydrogens (tertiary/aromatic N) is 1. The van der Waals surface area contributed by atoms with Crippen molar-refractivity contribution in [2.45, 2.75) is 6.18 Å². The zero-order chi connectivity index (χ0) is 11.1. The van der Waals surface area contributed by atoms with Crippen molar-refractivity contribution in [2.24, 2.45) is 0 Å². The van der Waals surface area contributed by atoms with Gasteiger partial charge >= 0.3 is 6.18 Å². The van der Waals surface area contributed by atoms with E-state index in [1.807, 2.05) is 0 Å². The smallest absolute Gasteiger partial charge is 0.454 e. The molecule has 2 nitrogen and oxygen atoms in total. The van der Waals surface area contributed by atoms with Crippen molar-refractivity contribution in [1.82, 2.24) is 4.98 Å². The molecule has 81 valence electrons. The van der Waals surface area contributed by atoms with Crippen LogP contribution in [0, 0.1) is 0 Å². The van der Waals surface area contributed by atoms with E-state index in [1.165, 1.54) is 6.07 Å². The summed E-state index contributed by atoms with van der Waals surface area (Å²) >= 11 is 0. The Kier molecular flexibility index (Phi) is 3.91. The molecule has 0 aliphatic carbocycles. The van der Waals surface area contributed by atoms with Crippen LogP contribution < -0.4 is 4.98 Å². The maximum Gasteiger partial charge on any atom is 0.454 e. The molecule has 0 atom stereocenters. The molecule has 16 heavy (non-hydrogen) atoms. The van der Waals surface area contributed by atoms with E-state index >= 15 is 0 Å². The molecule has 0 amide bonds. The maximum absolute atomic E-state index is 12.2. The Morgan fingerprint density at radius 2 is 1.81 bits per heavy atom. The zero-order valence-corrected chi connectivity index (χ0v) is 10.8. The standard InChI is InChI=1S/C10H6F3NO.Y/c11-10(12,13)9(15)7-5-14-8-4-2-1-3-6(7)8;/h1-5H,(H,14,15);/p-1. The first-order chi connectivity index (χ1) is 7.00. The number of alkyl halides is 3. The zero-order valence-electron chi connectivity index (χ0n) is 7.95. The number of rotatable bonds is 1. The van der Waals surface area contributed by atoms with Crippen molar-refractivity contribution >= 4 is 16.7 Å². The average Bonchev–Trinajstić information content (AvgIpc) is 2.58. The van der Waals surface area contributed by atoms with Crippen LogP contribution in [-0.4, -0.2) is 12.0 Å². The van der Waals surface area contributed by atoms with Gasteiger partial charge in [0.1, 0.15) is 0 Å². The van der Waals surface area contributed by atoms with Gasteiger partial charge < -0.3 is 4.98 Å². The molecular weight excluding hydrogens is 296 g/mol. The predicted octanol–water partition coefficient (Wildman–Crippen LogP) is 2.54. The third kappa shape index (κ3) is 2.35. The fraction of sp³-hybridized carbons (Fsp3) is 0.100. The fourth-order valence-electron chi connectivity index (χ4n) is 1.35. The Hall–Kier alpha value is -0.676. The van der Waals surface area contributed by atoms with Crippen molar-refractivity contribution in [3.8, 4) is 0 Å². The Morgan fingerprint density at radius 1 is 1.19 bits per heavy atom. The molecule has 0 N–H and O–H groups in total. The predicted molar refractivity (Wildman–Crippen MR) is 47.7 cm³/mol. The van der Waals surface area contributed by atoms with Crippen LogP contribution in [0.1, 0.15) is 10.4 Å². The van der Waals surface area contributed by atoms with Gasteiger partial charge in [0.05, 0.1) is 0 Å². The molecule has 2 rings (SSSR count). The summed E-state index contributed by atoms with van der Waals surface area (Å²) in [6.45, 7) is 0. The summed E-state index contributed by atoms with van der Waals surface area (Å²) in [4.78, 5) is 14.7. The van der Waals surface area contributed by atoms with E-state index in [4.69, 9.17) is 0 Å². The van der Waals surface area contributed by atoms with Gasteiger partial charge in [-0.25, -0.2) is 0 Å². The number of fused-ring (bicyclic) bond motifs is 1. The molecule has 0 saturated heterocycles. The third-order valence-corrected chi connectivity index (χ3v) is 2.03. The number of carbonyl (C=O) groups excluding carboxylic acids is 1. The van der Waals surface area contributed by atoms with Crippen LogP contribution in [0.3, 0.4) is 0 Å². The number of para-hydroxylation sites is 1. The number of Topliss-reactive ketones (excluding diaryl/α,β-unsaturated/α-hetero) is 1. The molecule has 0 saturated carbocycles. The molecule has 0 spiro atoms. The number of carbonyl (C=O) groups is 1. The summed E-state index contributed by atoms with van der Waals surface area (Å²) in [5, 5.41) is 0.236. The summed E-state index contributed by atoms with van der Waals surface area (Å²) in [6.07, 6.45) is -3.89. The molecule has 0 aliphatic rings. The van der Waals surface area contributed by atoms with Crippen LogP contribution in [0.4, 0.5) is 13.2 Å². The molecule has 1 heterocycles. The molecular formula is C10H5F3NOY-. The van der Waals surface area contributed by atoms with Crippen molar-refractivity contribution < 1.29 is 50.7 Å². The molecule has 0 unspecified atom stereocenters. The number of benzene rings is 1. The third-order valence-electron chi connectivity index (χ3n) is 2.03. The molecule has 0 aliphatic heterocycles. The van der Waals surface area contributed by atoms with Gasteiger partial charge in [-0.05, 0) is 5.39 Å². The van der Waals surface area contributed by atoms with Crippen molar-refractivity contribution in [2.75, 3.05) is 0 Å². The van der Waals surface area contributed by atoms with Crippen molar-refractivity contribution in [3.05, 3.63) is 36.0 Å². The number of halogens is 3. The topological polar surface area (TPSA) is 31.2 Å². The molecule has 0 fully saturated rings. The molecule has 1 radical (unpaired) electrons. The van der Waals surface area contributed by atoms with E-state index < -0.39 is 17.5 Å². The minimum atomic E-state index is -4.85. The normalized spacial score (nSPS) is 11.2. The summed E-state index contributed by atoms with van der Waals surface area (Å²) in [6, 6.07) is 6.22. The minimum Gasteiger partial charge on any atom is -0.663 e. The molecule has 1 aromatic heterocycles.